The van der Waals surface area contributed by atoms with Gasteiger partial charge in [-0.1, -0.05) is 206 Å². The highest BCUT2D eigenvalue weighted by atomic mass is 31.2. The van der Waals surface area contributed by atoms with Crippen LogP contribution in [0.3, 0.4) is 0 Å². The molecule has 1 atom stereocenters. The summed E-state index contributed by atoms with van der Waals surface area (Å²) in [6.45, 7) is 0. The fraction of sp³-hybridized carbons (Fsp3) is 0.0169. The van der Waals surface area contributed by atoms with Crippen LogP contribution in [0.2, 0.25) is 0 Å². The molecule has 1 aliphatic heterocycles. The maximum Gasteiger partial charge on any atom is 0.235 e. The summed E-state index contributed by atoms with van der Waals surface area (Å²) in [5, 5.41) is 4.58. The summed E-state index contributed by atoms with van der Waals surface area (Å²) >= 11 is 0. The van der Waals surface area contributed by atoms with Crippen LogP contribution in [-0.4, -0.2) is 14.5 Å². The molecule has 2 aromatic heterocycles. The van der Waals surface area contributed by atoms with E-state index in [0.717, 1.165) is 71.4 Å². The zero-order valence-corrected chi connectivity index (χ0v) is 35.4. The minimum atomic E-state index is -3.38. The molecule has 0 fully saturated rings. The van der Waals surface area contributed by atoms with Crippen LogP contribution >= 0.6 is 7.14 Å². The molecule has 9 aromatic carbocycles. The van der Waals surface area contributed by atoms with Crippen LogP contribution < -0.4 is 15.9 Å². The van der Waals surface area contributed by atoms with Gasteiger partial charge in [-0.25, -0.2) is 9.97 Å². The molecule has 0 N–H and O–H groups in total. The van der Waals surface area contributed by atoms with Crippen LogP contribution in [0.4, 0.5) is 0 Å². The van der Waals surface area contributed by atoms with Crippen molar-refractivity contribution >= 4 is 44.9 Å². The Hall–Kier alpha value is -7.91. The average molecular weight is 834 g/mol. The van der Waals surface area contributed by atoms with Crippen LogP contribution in [0.15, 0.2) is 218 Å². The van der Waals surface area contributed by atoms with Gasteiger partial charge in [0, 0.05) is 32.5 Å². The SMILES string of the molecule is O=P1(c2ccccc2)c2ccccc2-c2ccc3c4ccccc4n(-c4nc(-c5ccccc5)cc(-c5cccc6c5-c5ccccc5C65c6ccccc6-c6ccccc65)n4)c3c21. The minimum absolute atomic E-state index is 0.492. The van der Waals surface area contributed by atoms with Crippen LogP contribution in [0, 0.1) is 0 Å². The Kier molecular flexibility index (Phi) is 7.28. The molecule has 3 heterocycles. The summed E-state index contributed by atoms with van der Waals surface area (Å²) in [6, 6.07) is 77.2. The van der Waals surface area contributed by atoms with Crippen molar-refractivity contribution in [2.75, 3.05) is 0 Å². The van der Waals surface area contributed by atoms with Crippen LogP contribution in [0.5, 0.6) is 0 Å². The monoisotopic (exact) mass is 833 g/mol. The van der Waals surface area contributed by atoms with E-state index in [1.165, 1.54) is 44.5 Å². The minimum Gasteiger partial charge on any atom is -0.309 e. The Balaban J connectivity index is 1.10. The van der Waals surface area contributed by atoms with Crippen LogP contribution in [0.1, 0.15) is 22.3 Å². The maximum absolute atomic E-state index is 16.4. The number of hydrogen-bond acceptors (Lipinski definition) is 3. The van der Waals surface area contributed by atoms with E-state index >= 15 is 4.57 Å². The molecule has 3 aliphatic rings. The Morgan fingerprint density at radius 2 is 0.984 bits per heavy atom. The summed E-state index contributed by atoms with van der Waals surface area (Å²) < 4.78 is 18.6. The second-order valence-corrected chi connectivity index (χ2v) is 19.8. The normalized spacial score (nSPS) is 15.8. The number of aromatic nitrogens is 3. The van der Waals surface area contributed by atoms with E-state index in [-0.39, 0.29) is 0 Å². The highest BCUT2D eigenvalue weighted by Crippen LogP contribution is 2.64. The molecular weight excluding hydrogens is 798 g/mol. The van der Waals surface area contributed by atoms with E-state index in [1.54, 1.807) is 0 Å². The number of benzene rings is 9. The van der Waals surface area contributed by atoms with E-state index in [1.807, 2.05) is 54.6 Å². The Morgan fingerprint density at radius 3 is 1.73 bits per heavy atom. The smallest absolute Gasteiger partial charge is 0.235 e. The summed E-state index contributed by atoms with van der Waals surface area (Å²) in [5.41, 5.74) is 17.1. The largest absolute Gasteiger partial charge is 0.309 e. The molecule has 1 spiro atoms. The summed E-state index contributed by atoms with van der Waals surface area (Å²) in [7, 11) is -3.38. The quantitative estimate of drug-likeness (QED) is 0.166. The van der Waals surface area contributed by atoms with Gasteiger partial charge in [-0.2, -0.15) is 0 Å². The van der Waals surface area contributed by atoms with Gasteiger partial charge in [0.2, 0.25) is 5.95 Å². The lowest BCUT2D eigenvalue weighted by Crippen LogP contribution is -2.25. The van der Waals surface area contributed by atoms with Crippen molar-refractivity contribution in [2.24, 2.45) is 0 Å². The fourth-order valence-corrected chi connectivity index (χ4v) is 14.8. The van der Waals surface area contributed by atoms with Crippen molar-refractivity contribution in [1.29, 1.82) is 0 Å². The standard InChI is InChI=1S/C59H36N3OP/c63-64(38-20-5-2-6-21-38)54-33-16-11-25-42(54)44-35-34-43-41-24-10-15-32-53(41)62(56(43)57(44)64)58-60-51(37-18-3-1-4-19-37)36-52(61-58)46-27-17-31-50-55(46)45-26-9-14-30-49(45)59(50)47-28-12-7-22-39(47)40-23-8-13-29-48(40)59/h1-36H. The van der Waals surface area contributed by atoms with E-state index in [0.29, 0.717) is 5.95 Å². The first-order valence-corrected chi connectivity index (χ1v) is 23.6. The van der Waals surface area contributed by atoms with Gasteiger partial charge in [0.25, 0.3) is 0 Å². The molecule has 0 bridgehead atoms. The van der Waals surface area contributed by atoms with Gasteiger partial charge in [-0.05, 0) is 67.8 Å². The summed E-state index contributed by atoms with van der Waals surface area (Å²) in [5.74, 6) is 0.529. The zero-order valence-electron chi connectivity index (χ0n) is 34.5. The average Bonchev–Trinajstić information content (AvgIpc) is 4.05. The lowest BCUT2D eigenvalue weighted by Gasteiger charge is -2.30. The summed E-state index contributed by atoms with van der Waals surface area (Å²) in [4.78, 5) is 11.2. The number of rotatable bonds is 4. The van der Waals surface area contributed by atoms with Crippen molar-refractivity contribution in [3.8, 4) is 61.8 Å². The molecular formula is C59H36N3OP. The Bertz CT molecular complexity index is 3790. The first-order chi connectivity index (χ1) is 31.7. The fourth-order valence-electron chi connectivity index (χ4n) is 11.6. The van der Waals surface area contributed by atoms with Crippen molar-refractivity contribution in [3.05, 3.63) is 241 Å². The molecule has 11 aromatic rings. The Labute approximate surface area is 370 Å². The highest BCUT2D eigenvalue weighted by molar-refractivity contribution is 7.86. The number of nitrogens with zero attached hydrogens (tertiary/aromatic N) is 3. The van der Waals surface area contributed by atoms with Gasteiger partial charge < -0.3 is 4.57 Å². The molecule has 0 radical (unpaired) electrons. The lowest BCUT2D eigenvalue weighted by atomic mass is 9.70. The van der Waals surface area contributed by atoms with Gasteiger partial charge in [0.15, 0.2) is 7.14 Å². The molecule has 5 heteroatoms. The number of hydrogen-bond donors (Lipinski definition) is 0. The number of para-hydroxylation sites is 1. The van der Waals surface area contributed by atoms with E-state index < -0.39 is 12.6 Å². The summed E-state index contributed by atoms with van der Waals surface area (Å²) in [6.07, 6.45) is 0. The highest BCUT2D eigenvalue weighted by Gasteiger charge is 2.52. The first kappa shape index (κ1) is 35.7. The van der Waals surface area contributed by atoms with Gasteiger partial charge in [0.1, 0.15) is 0 Å². The molecule has 4 nitrogen and oxygen atoms in total. The maximum atomic E-state index is 16.4. The molecule has 0 saturated carbocycles. The molecule has 1 unspecified atom stereocenters. The van der Waals surface area contributed by atoms with Gasteiger partial charge in [-0.3, -0.25) is 4.57 Å². The van der Waals surface area contributed by atoms with Crippen LogP contribution in [-0.2, 0) is 9.98 Å². The van der Waals surface area contributed by atoms with E-state index in [4.69, 9.17) is 9.97 Å². The van der Waals surface area contributed by atoms with Crippen LogP contribution in [0.25, 0.3) is 83.6 Å². The Morgan fingerprint density at radius 1 is 0.422 bits per heavy atom. The van der Waals surface area contributed by atoms with Crippen molar-refractivity contribution in [2.45, 2.75) is 5.41 Å². The molecule has 64 heavy (non-hydrogen) atoms. The molecule has 14 rings (SSSR count). The molecule has 0 saturated heterocycles. The topological polar surface area (TPSA) is 47.8 Å². The predicted octanol–water partition coefficient (Wildman–Crippen LogP) is 12.9. The van der Waals surface area contributed by atoms with E-state index in [2.05, 4.69) is 168 Å². The predicted molar refractivity (Wildman–Crippen MR) is 262 cm³/mol. The molecule has 298 valence electrons. The van der Waals surface area contributed by atoms with Gasteiger partial charge in [0.05, 0.1) is 33.1 Å². The van der Waals surface area contributed by atoms with Crippen molar-refractivity contribution in [3.63, 3.8) is 0 Å². The molecule has 2 aliphatic carbocycles. The van der Waals surface area contributed by atoms with Crippen molar-refractivity contribution < 1.29 is 4.57 Å². The molecule has 0 amide bonds. The van der Waals surface area contributed by atoms with Gasteiger partial charge in [-0.15, -0.1) is 0 Å². The second-order valence-electron chi connectivity index (χ2n) is 17.1. The van der Waals surface area contributed by atoms with Gasteiger partial charge >= 0.3 is 0 Å². The third kappa shape index (κ3) is 4.50. The van der Waals surface area contributed by atoms with Crippen molar-refractivity contribution in [1.82, 2.24) is 14.5 Å². The number of fused-ring (bicyclic) bond motifs is 17. The lowest BCUT2D eigenvalue weighted by molar-refractivity contribution is 0.593. The first-order valence-electron chi connectivity index (χ1n) is 21.9. The van der Waals surface area contributed by atoms with E-state index in [9.17, 15) is 0 Å². The zero-order chi connectivity index (χ0) is 42.1. The third-order valence-corrected chi connectivity index (χ3v) is 17.2. The third-order valence-electron chi connectivity index (χ3n) is 14.1. The second kappa shape index (κ2) is 13.1.